The lowest BCUT2D eigenvalue weighted by Gasteiger charge is -2.03. The van der Waals surface area contributed by atoms with Gasteiger partial charge in [-0.25, -0.2) is 4.99 Å². The summed E-state index contributed by atoms with van der Waals surface area (Å²) in [6, 6.07) is 5.41. The number of benzene rings is 1. The van der Waals surface area contributed by atoms with Gasteiger partial charge in [-0.15, -0.1) is 0 Å². The molecule has 0 aliphatic rings. The number of nitrogens with two attached hydrogens (primary N) is 3. The van der Waals surface area contributed by atoms with Crippen molar-refractivity contribution >= 4 is 29.2 Å². The van der Waals surface area contributed by atoms with Crippen LogP contribution in [0.15, 0.2) is 28.2 Å². The predicted octanol–water partition coefficient (Wildman–Crippen LogP) is 1.12. The highest BCUT2D eigenvalue weighted by Gasteiger charge is 2.01. The summed E-state index contributed by atoms with van der Waals surface area (Å²) >= 11 is 5.87. The first kappa shape index (κ1) is 12.3. The van der Waals surface area contributed by atoms with Gasteiger partial charge in [0.2, 0.25) is 5.96 Å². The lowest BCUT2D eigenvalue weighted by molar-refractivity contribution is 1.13. The molecule has 86 valence electrons. The van der Waals surface area contributed by atoms with E-state index in [-0.39, 0.29) is 11.9 Å². The van der Waals surface area contributed by atoms with Gasteiger partial charge in [-0.1, -0.05) is 24.6 Å². The molecule has 16 heavy (non-hydrogen) atoms. The molecule has 0 bridgehead atoms. The molecule has 0 saturated carbocycles. The summed E-state index contributed by atoms with van der Waals surface area (Å²) in [6.45, 7) is 2.01. The van der Waals surface area contributed by atoms with Crippen LogP contribution in [0.5, 0.6) is 0 Å². The predicted molar refractivity (Wildman–Crippen MR) is 67.9 cm³/mol. The van der Waals surface area contributed by atoms with Gasteiger partial charge in [-0.3, -0.25) is 0 Å². The molecule has 1 aromatic rings. The molecule has 6 heteroatoms. The second-order valence-corrected chi connectivity index (χ2v) is 3.57. The van der Waals surface area contributed by atoms with Crippen molar-refractivity contribution in [3.63, 3.8) is 0 Å². The van der Waals surface area contributed by atoms with Gasteiger partial charge in [0.05, 0.1) is 5.69 Å². The van der Waals surface area contributed by atoms with Crippen LogP contribution in [0.2, 0.25) is 5.02 Å². The van der Waals surface area contributed by atoms with Crippen LogP contribution < -0.4 is 17.2 Å². The fourth-order valence-corrected chi connectivity index (χ4v) is 1.39. The second kappa shape index (κ2) is 5.37. The number of hydrogen-bond donors (Lipinski definition) is 3. The number of nitrogens with zero attached hydrogens (tertiary/aromatic N) is 2. The van der Waals surface area contributed by atoms with E-state index < -0.39 is 0 Å². The van der Waals surface area contributed by atoms with E-state index in [4.69, 9.17) is 28.8 Å². The Kier molecular flexibility index (Phi) is 4.13. The highest BCUT2D eigenvalue weighted by molar-refractivity contribution is 6.30. The number of hydrogen-bond acceptors (Lipinski definition) is 1. The molecule has 0 aromatic heterocycles. The van der Waals surface area contributed by atoms with E-state index in [0.717, 1.165) is 12.0 Å². The van der Waals surface area contributed by atoms with Gasteiger partial charge in [0, 0.05) is 5.02 Å². The Hall–Kier alpha value is -1.75. The van der Waals surface area contributed by atoms with Gasteiger partial charge in [0.1, 0.15) is 0 Å². The molecule has 0 radical (unpaired) electrons. The monoisotopic (exact) mass is 239 g/mol. The van der Waals surface area contributed by atoms with Crippen LogP contribution in [0.3, 0.4) is 0 Å². The van der Waals surface area contributed by atoms with Crippen LogP contribution in [-0.4, -0.2) is 11.9 Å². The number of rotatable bonds is 2. The average Bonchev–Trinajstić information content (AvgIpc) is 2.16. The lowest BCUT2D eigenvalue weighted by atomic mass is 10.1. The molecule has 0 aliphatic heterocycles. The quantitative estimate of drug-likeness (QED) is 0.532. The molecule has 6 N–H and O–H groups in total. The van der Waals surface area contributed by atoms with E-state index in [9.17, 15) is 0 Å². The molecule has 5 nitrogen and oxygen atoms in total. The van der Waals surface area contributed by atoms with E-state index in [1.54, 1.807) is 12.1 Å². The molecule has 0 amide bonds. The Labute approximate surface area is 99.0 Å². The molecule has 1 rings (SSSR count). The molecule has 1 aromatic carbocycles. The SMILES string of the molecule is CCc1ccc(Cl)cc1N=C(N)N=C(N)N. The topological polar surface area (TPSA) is 103 Å². The van der Waals surface area contributed by atoms with E-state index in [2.05, 4.69) is 9.98 Å². The number of aliphatic imine (C=N–C) groups is 2. The van der Waals surface area contributed by atoms with Crippen LogP contribution in [0.4, 0.5) is 5.69 Å². The van der Waals surface area contributed by atoms with E-state index in [1.165, 1.54) is 0 Å². The van der Waals surface area contributed by atoms with Crippen LogP contribution in [0.1, 0.15) is 12.5 Å². The summed E-state index contributed by atoms with van der Waals surface area (Å²) in [5.74, 6) is -0.113. The summed E-state index contributed by atoms with van der Waals surface area (Å²) in [7, 11) is 0. The van der Waals surface area contributed by atoms with Gasteiger partial charge in [0.15, 0.2) is 5.96 Å². The third-order valence-corrected chi connectivity index (χ3v) is 2.14. The van der Waals surface area contributed by atoms with Crippen LogP contribution in [0, 0.1) is 0 Å². The summed E-state index contributed by atoms with van der Waals surface area (Å²) in [5, 5.41) is 0.591. The standard InChI is InChI=1S/C10H14ClN5/c1-2-6-3-4-7(11)5-8(6)15-10(14)16-9(12)13/h3-5H,2H2,1H3,(H6,12,13,14,15,16). The van der Waals surface area contributed by atoms with Gasteiger partial charge < -0.3 is 17.2 Å². The Balaban J connectivity index is 3.12. The molecule has 0 heterocycles. The van der Waals surface area contributed by atoms with Crippen LogP contribution >= 0.6 is 11.6 Å². The van der Waals surface area contributed by atoms with Crippen molar-refractivity contribution in [1.82, 2.24) is 0 Å². The molecule has 0 spiro atoms. The normalized spacial score (nSPS) is 11.2. The number of guanidine groups is 2. The Morgan fingerprint density at radius 3 is 2.56 bits per heavy atom. The Morgan fingerprint density at radius 1 is 1.31 bits per heavy atom. The van der Waals surface area contributed by atoms with Crippen molar-refractivity contribution in [3.8, 4) is 0 Å². The first-order chi connectivity index (χ1) is 7.52. The van der Waals surface area contributed by atoms with Crippen molar-refractivity contribution in [2.24, 2.45) is 27.2 Å². The summed E-state index contributed by atoms with van der Waals surface area (Å²) in [4.78, 5) is 7.73. The van der Waals surface area contributed by atoms with Crippen molar-refractivity contribution in [2.45, 2.75) is 13.3 Å². The molecule has 0 unspecified atom stereocenters. The molecule has 0 saturated heterocycles. The van der Waals surface area contributed by atoms with Crippen LogP contribution in [0.25, 0.3) is 0 Å². The minimum Gasteiger partial charge on any atom is -0.370 e. The first-order valence-electron chi connectivity index (χ1n) is 4.75. The van der Waals surface area contributed by atoms with Gasteiger partial charge in [-0.05, 0) is 24.1 Å². The molecule has 0 fully saturated rings. The van der Waals surface area contributed by atoms with Crippen molar-refractivity contribution in [2.75, 3.05) is 0 Å². The zero-order valence-corrected chi connectivity index (χ0v) is 9.70. The van der Waals surface area contributed by atoms with Crippen molar-refractivity contribution in [3.05, 3.63) is 28.8 Å². The third-order valence-electron chi connectivity index (χ3n) is 1.91. The highest BCUT2D eigenvalue weighted by Crippen LogP contribution is 2.24. The Morgan fingerprint density at radius 2 is 2.00 bits per heavy atom. The summed E-state index contributed by atoms with van der Waals surface area (Å²) in [5.41, 5.74) is 17.6. The summed E-state index contributed by atoms with van der Waals surface area (Å²) < 4.78 is 0. The smallest absolute Gasteiger partial charge is 0.223 e. The average molecular weight is 240 g/mol. The zero-order valence-electron chi connectivity index (χ0n) is 8.94. The largest absolute Gasteiger partial charge is 0.370 e. The Bertz CT molecular complexity index is 435. The zero-order chi connectivity index (χ0) is 12.1. The van der Waals surface area contributed by atoms with E-state index >= 15 is 0 Å². The highest BCUT2D eigenvalue weighted by atomic mass is 35.5. The fourth-order valence-electron chi connectivity index (χ4n) is 1.22. The van der Waals surface area contributed by atoms with Crippen LogP contribution in [-0.2, 0) is 6.42 Å². The first-order valence-corrected chi connectivity index (χ1v) is 5.13. The van der Waals surface area contributed by atoms with E-state index in [0.29, 0.717) is 10.7 Å². The minimum atomic E-state index is -0.124. The molecular formula is C10H14ClN5. The number of halogens is 1. The fraction of sp³-hybridized carbons (Fsp3) is 0.200. The van der Waals surface area contributed by atoms with Crippen molar-refractivity contribution in [1.29, 1.82) is 0 Å². The minimum absolute atomic E-state index is 0.0111. The molecule has 0 aliphatic carbocycles. The van der Waals surface area contributed by atoms with Gasteiger partial charge >= 0.3 is 0 Å². The third kappa shape index (κ3) is 3.43. The van der Waals surface area contributed by atoms with Gasteiger partial charge in [0.25, 0.3) is 0 Å². The number of aryl methyl sites for hydroxylation is 1. The van der Waals surface area contributed by atoms with Gasteiger partial charge in [-0.2, -0.15) is 4.99 Å². The maximum atomic E-state index is 5.87. The van der Waals surface area contributed by atoms with E-state index in [1.807, 2.05) is 13.0 Å². The second-order valence-electron chi connectivity index (χ2n) is 3.13. The molecular weight excluding hydrogens is 226 g/mol. The van der Waals surface area contributed by atoms with Crippen molar-refractivity contribution < 1.29 is 0 Å². The maximum absolute atomic E-state index is 5.87. The maximum Gasteiger partial charge on any atom is 0.223 e. The molecule has 0 atom stereocenters. The summed E-state index contributed by atoms with van der Waals surface area (Å²) in [6.07, 6.45) is 0.825. The lowest BCUT2D eigenvalue weighted by Crippen LogP contribution is -2.26.